The molecule has 10 heterocycles. The normalized spacial score (nSPS) is 33.3. The van der Waals surface area contributed by atoms with Gasteiger partial charge in [0.2, 0.25) is 11.8 Å². The molecule has 2 amide bonds. The zero-order valence-corrected chi connectivity index (χ0v) is 63.6. The maximum atomic E-state index is 12.7. The first-order valence-electron chi connectivity index (χ1n) is 36.8. The van der Waals surface area contributed by atoms with Crippen LogP contribution in [0, 0.1) is 94.7 Å². The van der Waals surface area contributed by atoms with Gasteiger partial charge >= 0.3 is 89.5 Å². The molecular formula is C75H102N4O33. The molecule has 0 aliphatic carbocycles. The van der Waals surface area contributed by atoms with E-state index in [1.165, 1.54) is 12.5 Å². The highest BCUT2D eigenvalue weighted by Crippen LogP contribution is 2.47. The van der Waals surface area contributed by atoms with Crippen LogP contribution in [0.3, 0.4) is 0 Å². The monoisotopic (exact) mass is 1590 g/mol. The van der Waals surface area contributed by atoms with Crippen LogP contribution in [0.4, 0.5) is 0 Å². The number of carboxylic acid groups (broad SMARTS) is 4. The molecule has 620 valence electrons. The minimum Gasteiger partial charge on any atom is -0.502 e. The lowest BCUT2D eigenvalue weighted by molar-refractivity contribution is -0.180. The lowest BCUT2D eigenvalue weighted by atomic mass is 9.75. The molecule has 10 aliphatic heterocycles. The Kier molecular flexibility index (Phi) is 35.3. The van der Waals surface area contributed by atoms with Gasteiger partial charge < -0.3 is 99.4 Å². The van der Waals surface area contributed by atoms with E-state index in [-0.39, 0.29) is 55.8 Å². The third kappa shape index (κ3) is 22.7. The second-order valence-electron chi connectivity index (χ2n) is 28.1. The zero-order chi connectivity index (χ0) is 84.0. The van der Waals surface area contributed by atoms with Gasteiger partial charge in [0.1, 0.15) is 5.76 Å². The first-order valence-corrected chi connectivity index (χ1v) is 36.8. The SMILES string of the molecule is C=C(CN)C(=O)O.C=C(CNC(=O)C1CC(C2C(=O)OC(=C)C2C)OC(CC)C1C(=O)O)C(=O)O.C=COCCCN.C=COCCCNC(=O)C1CC(C2C(=O)OC(=O)C2C)OC(CC)C1C(=O)O.CCC1OC(C2C(=O)OC(=O)C2C)CC2C(=O)OC(=O)C12.CCC1OC(C2C(=O)OC(=O)C2C)CC2C(=O)OC(=O)C12. The van der Waals surface area contributed by atoms with Gasteiger partial charge in [-0.25, -0.2) is 9.59 Å². The average Bonchev–Trinajstić information content (AvgIpc) is 1.72. The van der Waals surface area contributed by atoms with Crippen molar-refractivity contribution >= 4 is 101 Å². The van der Waals surface area contributed by atoms with E-state index in [4.69, 9.17) is 54.8 Å². The first-order chi connectivity index (χ1) is 52.9. The largest absolute Gasteiger partial charge is 0.502 e. The van der Waals surface area contributed by atoms with E-state index in [0.717, 1.165) is 6.42 Å². The summed E-state index contributed by atoms with van der Waals surface area (Å²) < 4.78 is 61.6. The number of cyclic esters (lactones) is 11. The van der Waals surface area contributed by atoms with Crippen molar-refractivity contribution in [1.29, 1.82) is 0 Å². The summed E-state index contributed by atoms with van der Waals surface area (Å²) >= 11 is 0. The Morgan fingerprint density at radius 2 is 0.759 bits per heavy atom. The van der Waals surface area contributed by atoms with Crippen LogP contribution in [0.2, 0.25) is 0 Å². The summed E-state index contributed by atoms with van der Waals surface area (Å²) in [6, 6.07) is 0. The Hall–Kier alpha value is -9.95. The van der Waals surface area contributed by atoms with Crippen LogP contribution in [0.5, 0.6) is 0 Å². The topological polar surface area (TPSA) is 558 Å². The zero-order valence-electron chi connectivity index (χ0n) is 63.6. The van der Waals surface area contributed by atoms with Gasteiger partial charge in [-0.05, 0) is 70.8 Å². The van der Waals surface area contributed by atoms with Crippen molar-refractivity contribution in [1.82, 2.24) is 10.6 Å². The Labute approximate surface area is 644 Å². The molecule has 24 unspecified atom stereocenters. The van der Waals surface area contributed by atoms with E-state index in [9.17, 15) is 91.7 Å². The number of nitrogens with one attached hydrogen (secondary N) is 2. The van der Waals surface area contributed by atoms with Crippen LogP contribution < -0.4 is 22.1 Å². The maximum absolute atomic E-state index is 12.7. The number of carbonyl (C=O) groups is 17. The molecule has 24 atom stereocenters. The first kappa shape index (κ1) is 92.7. The molecule has 0 aromatic heterocycles. The minimum atomic E-state index is -1.26. The molecule has 37 nitrogen and oxygen atoms in total. The van der Waals surface area contributed by atoms with Crippen molar-refractivity contribution in [2.75, 3.05) is 39.4 Å². The number of hydrogen-bond acceptors (Lipinski definition) is 31. The number of esters is 11. The fraction of sp³-hybridized carbons (Fsp3) is 0.640. The molecule has 37 heteroatoms. The quantitative estimate of drug-likeness (QED) is 0.0154. The number of ether oxygens (including phenoxy) is 12. The summed E-state index contributed by atoms with van der Waals surface area (Å²) in [5.74, 6) is -23.4. The van der Waals surface area contributed by atoms with Crippen LogP contribution >= 0.6 is 0 Å². The third-order valence-corrected chi connectivity index (χ3v) is 21.2. The van der Waals surface area contributed by atoms with Crippen LogP contribution in [0.1, 0.15) is 120 Å². The highest BCUT2D eigenvalue weighted by molar-refractivity contribution is 6.00. The second-order valence-corrected chi connectivity index (χ2v) is 28.1. The molecule has 0 aromatic carbocycles. The van der Waals surface area contributed by atoms with Crippen molar-refractivity contribution < 1.29 is 159 Å². The third-order valence-electron chi connectivity index (χ3n) is 21.2. The van der Waals surface area contributed by atoms with Gasteiger partial charge in [-0.15, -0.1) is 0 Å². The minimum absolute atomic E-state index is 0.00374. The van der Waals surface area contributed by atoms with Crippen molar-refractivity contribution in [3.63, 3.8) is 0 Å². The number of allylic oxidation sites excluding steroid dienone is 1. The summed E-state index contributed by atoms with van der Waals surface area (Å²) in [5, 5.41) is 41.3. The molecule has 0 saturated carbocycles. The molecule has 10 fully saturated rings. The molecule has 0 aromatic rings. The summed E-state index contributed by atoms with van der Waals surface area (Å²) in [7, 11) is 0. The van der Waals surface area contributed by atoms with Crippen LogP contribution in [-0.4, -0.2) is 210 Å². The molecule has 0 bridgehead atoms. The fourth-order valence-corrected chi connectivity index (χ4v) is 15.0. The van der Waals surface area contributed by atoms with Crippen LogP contribution in [-0.2, 0) is 138 Å². The number of aliphatic carboxylic acids is 4. The molecule has 0 spiro atoms. The van der Waals surface area contributed by atoms with Gasteiger partial charge in [0.25, 0.3) is 0 Å². The lowest BCUT2D eigenvalue weighted by Gasteiger charge is -2.41. The van der Waals surface area contributed by atoms with Crippen molar-refractivity contribution in [2.45, 2.75) is 168 Å². The van der Waals surface area contributed by atoms with E-state index >= 15 is 0 Å². The molecule has 10 N–H and O–H groups in total. The fourth-order valence-electron chi connectivity index (χ4n) is 15.0. The molecule has 10 saturated heterocycles. The standard InChI is InChI=1S/C19H25NO8.C19H27NO8.2C14H16O7.C5H11NO.C4H7NO2/c1-5-12-15(18(24)25)11(16(21)20-7-8(2)17(22)23)6-13(28-12)14-9(3)10(4)27-19(14)26;1-4-12-15(17(22)23)11(16(21)20-7-6-8-26-5-2)9-13(27-12)14-10(3)18(24)28-19(14)25;2*1-3-7-10-6(12(16)21-14(10)18)4-8(19-7)9-5(2)11(15)20-13(9)17;1-2-7-5-3-4-6;1-3(2-5)4(6)7/h9,11-15H,2,4-7H2,1,3H3,(H,20,21)(H,22,23)(H,24,25);5,10-15H,2,4,6-9H2,1,3H3,(H,20,21)(H,22,23);2*5-10H,3-4H2,1-2H3;2H,1,3-6H2;1-2,5H2,(H,6,7). The van der Waals surface area contributed by atoms with E-state index in [0.29, 0.717) is 64.2 Å². The molecule has 10 aliphatic rings. The molecule has 0 radical (unpaired) electrons. The van der Waals surface area contributed by atoms with E-state index < -0.39 is 239 Å². The van der Waals surface area contributed by atoms with E-state index in [2.05, 4.69) is 67.2 Å². The number of rotatable bonds is 26. The Balaban J connectivity index is 0.000000253. The second kappa shape index (κ2) is 42.6. The van der Waals surface area contributed by atoms with Crippen molar-refractivity contribution in [2.24, 2.45) is 106 Å². The maximum Gasteiger partial charge on any atom is 0.332 e. The highest BCUT2D eigenvalue weighted by Gasteiger charge is 2.60. The van der Waals surface area contributed by atoms with Gasteiger partial charge in [0, 0.05) is 36.7 Å². The van der Waals surface area contributed by atoms with E-state index in [1.807, 2.05) is 13.8 Å². The lowest BCUT2D eigenvalue weighted by Crippen LogP contribution is -2.53. The number of carbonyl (C=O) groups excluding carboxylic acids is 13. The number of amides is 2. The van der Waals surface area contributed by atoms with Crippen molar-refractivity contribution in [3.05, 3.63) is 62.3 Å². The van der Waals surface area contributed by atoms with Crippen molar-refractivity contribution in [3.8, 4) is 0 Å². The summed E-state index contributed by atoms with van der Waals surface area (Å²) in [5.41, 5.74) is 9.87. The smallest absolute Gasteiger partial charge is 0.332 e. The summed E-state index contributed by atoms with van der Waals surface area (Å²) in [6.07, 6.45) is 1.16. The Morgan fingerprint density at radius 3 is 1.05 bits per heavy atom. The highest BCUT2D eigenvalue weighted by atomic mass is 16.6. The van der Waals surface area contributed by atoms with Gasteiger partial charge in [-0.1, -0.05) is 88.3 Å². The average molecular weight is 1590 g/mol. The Morgan fingerprint density at radius 1 is 0.438 bits per heavy atom. The Bertz CT molecular complexity index is 3510. The van der Waals surface area contributed by atoms with E-state index in [1.54, 1.807) is 41.5 Å². The molecule has 112 heavy (non-hydrogen) atoms. The predicted molar refractivity (Wildman–Crippen MR) is 378 cm³/mol. The van der Waals surface area contributed by atoms with Crippen LogP contribution in [0.15, 0.2) is 62.3 Å². The van der Waals surface area contributed by atoms with Gasteiger partial charge in [0.05, 0.1) is 163 Å². The summed E-state index contributed by atoms with van der Waals surface area (Å²) in [4.78, 5) is 199. The summed E-state index contributed by atoms with van der Waals surface area (Å²) in [6.45, 7) is 32.5. The number of carboxylic acids is 4. The molecular weight excluding hydrogens is 1480 g/mol. The number of nitrogens with two attached hydrogens (primary N) is 2. The van der Waals surface area contributed by atoms with Crippen LogP contribution in [0.25, 0.3) is 0 Å². The predicted octanol–water partition coefficient (Wildman–Crippen LogP) is 2.32. The number of hydrogen-bond donors (Lipinski definition) is 8. The van der Waals surface area contributed by atoms with Gasteiger partial charge in [-0.2, -0.15) is 0 Å². The van der Waals surface area contributed by atoms with Gasteiger partial charge in [0.15, 0.2) is 0 Å². The van der Waals surface area contributed by atoms with Gasteiger partial charge in [-0.3, -0.25) is 71.9 Å². The molecule has 10 rings (SSSR count). The number of fused-ring (bicyclic) bond motifs is 2.